The molecular formula is C27H29N3O4S. The maximum absolute atomic E-state index is 12.7. The van der Waals surface area contributed by atoms with Crippen LogP contribution in [0.25, 0.3) is 0 Å². The number of hydrogen-bond donors (Lipinski definition) is 3. The number of para-hydroxylation sites is 1. The lowest BCUT2D eigenvalue weighted by atomic mass is 10.1. The molecule has 0 bridgehead atoms. The molecule has 3 aromatic carbocycles. The molecule has 8 heteroatoms. The van der Waals surface area contributed by atoms with Gasteiger partial charge in [-0.1, -0.05) is 56.3 Å². The lowest BCUT2D eigenvalue weighted by Crippen LogP contribution is -2.48. The van der Waals surface area contributed by atoms with Gasteiger partial charge < -0.3 is 9.47 Å². The van der Waals surface area contributed by atoms with Crippen LogP contribution >= 0.6 is 12.2 Å². The first-order valence-electron chi connectivity index (χ1n) is 11.3. The van der Waals surface area contributed by atoms with E-state index in [9.17, 15) is 9.59 Å². The highest BCUT2D eigenvalue weighted by molar-refractivity contribution is 7.80. The Kier molecular flexibility index (Phi) is 9.62. The SMILES string of the molecule is CC(C)CCOc1ccc(C(=O)NC(=S)NNC(=O)c2ccccc2OCc2ccccc2)cc1. The highest BCUT2D eigenvalue weighted by Gasteiger charge is 2.14. The summed E-state index contributed by atoms with van der Waals surface area (Å²) in [5.41, 5.74) is 6.77. The fraction of sp³-hybridized carbons (Fsp3) is 0.222. The topological polar surface area (TPSA) is 88.7 Å². The van der Waals surface area contributed by atoms with Gasteiger partial charge in [-0.25, -0.2) is 0 Å². The molecule has 0 spiro atoms. The molecule has 0 saturated carbocycles. The Bertz CT molecular complexity index is 1130. The summed E-state index contributed by atoms with van der Waals surface area (Å²) in [5.74, 6) is 0.833. The van der Waals surface area contributed by atoms with Gasteiger partial charge in [-0.3, -0.25) is 25.8 Å². The van der Waals surface area contributed by atoms with Gasteiger partial charge in [0.25, 0.3) is 11.8 Å². The van der Waals surface area contributed by atoms with Crippen LogP contribution in [0.15, 0.2) is 78.9 Å². The number of nitrogens with one attached hydrogen (secondary N) is 3. The lowest BCUT2D eigenvalue weighted by Gasteiger charge is -2.14. The molecule has 0 aliphatic rings. The van der Waals surface area contributed by atoms with E-state index in [2.05, 4.69) is 30.0 Å². The predicted octanol–water partition coefficient (Wildman–Crippen LogP) is 4.64. The number of thiocarbonyl (C=S) groups is 1. The number of benzene rings is 3. The Morgan fingerprint density at radius 1 is 0.829 bits per heavy atom. The van der Waals surface area contributed by atoms with E-state index in [1.54, 1.807) is 48.5 Å². The summed E-state index contributed by atoms with van der Waals surface area (Å²) in [5, 5.41) is 2.50. The Hall–Kier alpha value is -3.91. The molecule has 35 heavy (non-hydrogen) atoms. The van der Waals surface area contributed by atoms with E-state index in [-0.39, 0.29) is 5.11 Å². The number of carbonyl (C=O) groups is 2. The molecule has 0 aromatic heterocycles. The molecule has 0 radical (unpaired) electrons. The summed E-state index contributed by atoms with van der Waals surface area (Å²) >= 11 is 5.14. The van der Waals surface area contributed by atoms with E-state index in [0.29, 0.717) is 41.8 Å². The number of amides is 2. The van der Waals surface area contributed by atoms with Gasteiger partial charge in [0.05, 0.1) is 12.2 Å². The second-order valence-corrected chi connectivity index (χ2v) is 8.60. The predicted molar refractivity (Wildman–Crippen MR) is 139 cm³/mol. The molecule has 3 N–H and O–H groups in total. The van der Waals surface area contributed by atoms with Gasteiger partial charge in [0.1, 0.15) is 18.1 Å². The Morgan fingerprint density at radius 2 is 1.51 bits per heavy atom. The van der Waals surface area contributed by atoms with Crippen LogP contribution in [0.5, 0.6) is 11.5 Å². The summed E-state index contributed by atoms with van der Waals surface area (Å²) in [6.45, 7) is 5.22. The fourth-order valence-electron chi connectivity index (χ4n) is 3.02. The minimum absolute atomic E-state index is 0.0386. The number of hydrogen-bond acceptors (Lipinski definition) is 5. The Labute approximate surface area is 210 Å². The largest absolute Gasteiger partial charge is 0.494 e. The molecule has 0 fully saturated rings. The molecule has 0 heterocycles. The fourth-order valence-corrected chi connectivity index (χ4v) is 3.16. The number of carbonyl (C=O) groups excluding carboxylic acids is 2. The average molecular weight is 492 g/mol. The minimum atomic E-state index is -0.451. The smallest absolute Gasteiger partial charge is 0.273 e. The molecule has 7 nitrogen and oxygen atoms in total. The maximum Gasteiger partial charge on any atom is 0.273 e. The zero-order valence-electron chi connectivity index (χ0n) is 19.7. The summed E-state index contributed by atoms with van der Waals surface area (Å²) in [6, 6.07) is 23.3. The zero-order chi connectivity index (χ0) is 25.0. The van der Waals surface area contributed by atoms with Crippen molar-refractivity contribution in [3.8, 4) is 11.5 Å². The van der Waals surface area contributed by atoms with Gasteiger partial charge in [-0.2, -0.15) is 0 Å². The van der Waals surface area contributed by atoms with E-state index in [1.807, 2.05) is 30.3 Å². The van der Waals surface area contributed by atoms with E-state index in [0.717, 1.165) is 12.0 Å². The van der Waals surface area contributed by atoms with Crippen molar-refractivity contribution in [2.75, 3.05) is 6.61 Å². The number of hydrazine groups is 1. The van der Waals surface area contributed by atoms with Crippen LogP contribution in [0.3, 0.4) is 0 Å². The molecule has 182 valence electrons. The van der Waals surface area contributed by atoms with Crippen LogP contribution in [0, 0.1) is 5.92 Å². The minimum Gasteiger partial charge on any atom is -0.494 e. The average Bonchev–Trinajstić information content (AvgIpc) is 2.87. The Morgan fingerprint density at radius 3 is 2.23 bits per heavy atom. The molecule has 0 unspecified atom stereocenters. The van der Waals surface area contributed by atoms with E-state index < -0.39 is 11.8 Å². The molecule has 3 rings (SSSR count). The first kappa shape index (κ1) is 25.7. The van der Waals surface area contributed by atoms with Crippen molar-refractivity contribution >= 4 is 29.1 Å². The van der Waals surface area contributed by atoms with Gasteiger partial charge >= 0.3 is 0 Å². The van der Waals surface area contributed by atoms with Crippen LogP contribution in [0.4, 0.5) is 0 Å². The van der Waals surface area contributed by atoms with Crippen LogP contribution in [0.2, 0.25) is 0 Å². The highest BCUT2D eigenvalue weighted by atomic mass is 32.1. The second-order valence-electron chi connectivity index (χ2n) is 8.19. The van der Waals surface area contributed by atoms with Crippen molar-refractivity contribution in [3.05, 3.63) is 95.6 Å². The van der Waals surface area contributed by atoms with Gasteiger partial charge in [0.2, 0.25) is 0 Å². The van der Waals surface area contributed by atoms with Crippen molar-refractivity contribution in [1.82, 2.24) is 16.2 Å². The summed E-state index contributed by atoms with van der Waals surface area (Å²) in [6.07, 6.45) is 0.956. The molecule has 0 saturated heterocycles. The maximum atomic E-state index is 12.7. The summed E-state index contributed by atoms with van der Waals surface area (Å²) in [4.78, 5) is 25.1. The number of rotatable bonds is 9. The van der Waals surface area contributed by atoms with E-state index >= 15 is 0 Å². The first-order valence-corrected chi connectivity index (χ1v) is 11.7. The van der Waals surface area contributed by atoms with Crippen molar-refractivity contribution < 1.29 is 19.1 Å². The number of ether oxygens (including phenoxy) is 2. The van der Waals surface area contributed by atoms with Crippen molar-refractivity contribution in [3.63, 3.8) is 0 Å². The molecular weight excluding hydrogens is 462 g/mol. The van der Waals surface area contributed by atoms with E-state index in [1.165, 1.54) is 0 Å². The third-order valence-electron chi connectivity index (χ3n) is 4.97. The zero-order valence-corrected chi connectivity index (χ0v) is 20.6. The molecule has 3 aromatic rings. The monoisotopic (exact) mass is 491 g/mol. The summed E-state index contributed by atoms with van der Waals surface area (Å²) in [7, 11) is 0. The van der Waals surface area contributed by atoms with Crippen LogP contribution < -0.4 is 25.6 Å². The molecule has 0 aliphatic carbocycles. The highest BCUT2D eigenvalue weighted by Crippen LogP contribution is 2.19. The Balaban J connectivity index is 1.48. The molecule has 2 amide bonds. The van der Waals surface area contributed by atoms with Crippen molar-refractivity contribution in [2.45, 2.75) is 26.9 Å². The normalized spacial score (nSPS) is 10.4. The van der Waals surface area contributed by atoms with E-state index in [4.69, 9.17) is 21.7 Å². The van der Waals surface area contributed by atoms with Crippen molar-refractivity contribution in [1.29, 1.82) is 0 Å². The summed E-state index contributed by atoms with van der Waals surface area (Å²) < 4.78 is 11.5. The quantitative estimate of drug-likeness (QED) is 0.299. The first-order chi connectivity index (χ1) is 16.9. The van der Waals surface area contributed by atoms with Crippen LogP contribution in [-0.2, 0) is 6.61 Å². The third-order valence-corrected chi connectivity index (χ3v) is 5.17. The molecule has 0 atom stereocenters. The second kappa shape index (κ2) is 13.1. The lowest BCUT2D eigenvalue weighted by molar-refractivity contribution is 0.0930. The standard InChI is InChI=1S/C27H29N3O4S/c1-19(2)16-17-33-22-14-12-21(13-15-22)25(31)28-27(35)30-29-26(32)23-10-6-7-11-24(23)34-18-20-8-4-3-5-9-20/h3-15,19H,16-18H2,1-2H3,(H,29,32)(H2,28,30,31,35). The van der Waals surface area contributed by atoms with Crippen LogP contribution in [-0.4, -0.2) is 23.5 Å². The molecule has 0 aliphatic heterocycles. The van der Waals surface area contributed by atoms with Gasteiger partial charge in [-0.15, -0.1) is 0 Å². The van der Waals surface area contributed by atoms with Crippen molar-refractivity contribution in [2.24, 2.45) is 5.92 Å². The third kappa shape index (κ3) is 8.42. The van der Waals surface area contributed by atoms with Crippen LogP contribution in [0.1, 0.15) is 46.5 Å². The van der Waals surface area contributed by atoms with Gasteiger partial charge in [0, 0.05) is 5.56 Å². The van der Waals surface area contributed by atoms with Gasteiger partial charge in [0.15, 0.2) is 5.11 Å². The van der Waals surface area contributed by atoms with Gasteiger partial charge in [-0.05, 0) is 66.5 Å².